The van der Waals surface area contributed by atoms with Crippen molar-refractivity contribution >= 4 is 43.6 Å². The summed E-state index contributed by atoms with van der Waals surface area (Å²) in [6, 6.07) is 14.1. The number of hydrogen-bond donors (Lipinski definition) is 4. The molecule has 2 aromatic carbocycles. The van der Waals surface area contributed by atoms with Crippen molar-refractivity contribution in [1.82, 2.24) is 0 Å². The lowest BCUT2D eigenvalue weighted by atomic mass is 9.78. The monoisotopic (exact) mass is 494 g/mol. The van der Waals surface area contributed by atoms with Crippen LogP contribution in [0.1, 0.15) is 90.9 Å². The maximum Gasteiger partial charge on any atom is 0.488 e. The SMILES string of the molecule is CCCCCCCC[Si]1(CCCCCCCC)c2cc(B(O)O)ccc2-c2ccc(B(O)O)cc21. The van der Waals surface area contributed by atoms with Gasteiger partial charge in [-0.3, -0.25) is 0 Å². The molecule has 0 saturated heterocycles. The van der Waals surface area contributed by atoms with Crippen molar-refractivity contribution in [3.05, 3.63) is 36.4 Å². The molecule has 3 rings (SSSR count). The minimum absolute atomic E-state index is 0.557. The molecular weight excluding hydrogens is 450 g/mol. The molecule has 0 amide bonds. The Labute approximate surface area is 214 Å². The highest BCUT2D eigenvalue weighted by Gasteiger charge is 2.45. The van der Waals surface area contributed by atoms with Crippen molar-refractivity contribution in [1.29, 1.82) is 0 Å². The van der Waals surface area contributed by atoms with Gasteiger partial charge in [0, 0.05) is 0 Å². The van der Waals surface area contributed by atoms with Gasteiger partial charge in [0.25, 0.3) is 0 Å². The first kappa shape index (κ1) is 28.2. The van der Waals surface area contributed by atoms with Gasteiger partial charge in [0.1, 0.15) is 8.07 Å². The normalized spacial score (nSPS) is 13.5. The summed E-state index contributed by atoms with van der Waals surface area (Å²) in [6.07, 6.45) is 15.0. The van der Waals surface area contributed by atoms with E-state index < -0.39 is 22.3 Å². The van der Waals surface area contributed by atoms with Crippen molar-refractivity contribution in [3.8, 4) is 11.1 Å². The largest absolute Gasteiger partial charge is 0.488 e. The third-order valence-corrected chi connectivity index (χ3v) is 13.2. The second-order valence-electron chi connectivity index (χ2n) is 10.5. The fraction of sp³-hybridized carbons (Fsp3) is 0.571. The lowest BCUT2D eigenvalue weighted by molar-refractivity contribution is 0.424. The molecule has 0 aliphatic carbocycles. The van der Waals surface area contributed by atoms with Gasteiger partial charge in [0.15, 0.2) is 0 Å². The van der Waals surface area contributed by atoms with Gasteiger partial charge < -0.3 is 20.1 Å². The van der Waals surface area contributed by atoms with E-state index >= 15 is 0 Å². The van der Waals surface area contributed by atoms with E-state index in [-0.39, 0.29) is 0 Å². The number of fused-ring (bicyclic) bond motifs is 3. The van der Waals surface area contributed by atoms with Gasteiger partial charge in [-0.15, -0.1) is 0 Å². The van der Waals surface area contributed by atoms with E-state index in [1.807, 2.05) is 12.1 Å². The first-order valence-electron chi connectivity index (χ1n) is 14.0. The van der Waals surface area contributed by atoms with E-state index in [0.29, 0.717) is 10.9 Å². The minimum Gasteiger partial charge on any atom is -0.423 e. The highest BCUT2D eigenvalue weighted by molar-refractivity contribution is 7.05. The van der Waals surface area contributed by atoms with Crippen molar-refractivity contribution in [3.63, 3.8) is 0 Å². The Hall–Kier alpha value is -1.37. The fourth-order valence-corrected chi connectivity index (χ4v) is 11.6. The van der Waals surface area contributed by atoms with E-state index in [9.17, 15) is 20.1 Å². The molecule has 0 fully saturated rings. The molecule has 0 atom stereocenters. The molecule has 4 N–H and O–H groups in total. The first-order chi connectivity index (χ1) is 16.9. The van der Waals surface area contributed by atoms with Crippen LogP contribution in [0.3, 0.4) is 0 Å². The zero-order valence-electron chi connectivity index (χ0n) is 21.8. The zero-order valence-corrected chi connectivity index (χ0v) is 22.8. The summed E-state index contributed by atoms with van der Waals surface area (Å²) >= 11 is 0. The van der Waals surface area contributed by atoms with Crippen molar-refractivity contribution in [2.45, 2.75) is 103 Å². The molecule has 0 unspecified atom stereocenters. The van der Waals surface area contributed by atoms with Crippen LogP contribution in [-0.2, 0) is 0 Å². The van der Waals surface area contributed by atoms with E-state index in [0.717, 1.165) is 12.1 Å². The topological polar surface area (TPSA) is 80.9 Å². The second kappa shape index (κ2) is 13.8. The summed E-state index contributed by atoms with van der Waals surface area (Å²) < 4.78 is 0. The molecule has 190 valence electrons. The summed E-state index contributed by atoms with van der Waals surface area (Å²) in [5.41, 5.74) is 3.52. The van der Waals surface area contributed by atoms with Crippen LogP contribution in [0.15, 0.2) is 36.4 Å². The molecule has 1 heterocycles. The molecule has 0 spiro atoms. The predicted octanol–water partition coefficient (Wildman–Crippen LogP) is 3.31. The molecule has 0 saturated carbocycles. The van der Waals surface area contributed by atoms with Gasteiger partial charge >= 0.3 is 14.2 Å². The molecule has 35 heavy (non-hydrogen) atoms. The number of rotatable bonds is 16. The molecule has 7 heteroatoms. The molecule has 1 aliphatic rings. The van der Waals surface area contributed by atoms with Crippen LogP contribution in [0, 0.1) is 0 Å². The number of unbranched alkanes of at least 4 members (excludes halogenated alkanes) is 10. The molecule has 2 aromatic rings. The van der Waals surface area contributed by atoms with Gasteiger partial charge in [0.05, 0.1) is 0 Å². The standard InChI is InChI=1S/C28H44B2O4Si/c1-3-5-7-9-11-13-19-35(20-14-12-10-8-6-4-2)27-21-23(29(31)32)15-17-25(27)26-18-16-24(30(33)34)22-28(26)35/h15-18,21-22,31-34H,3-14,19-20H2,1-2H3. The highest BCUT2D eigenvalue weighted by atomic mass is 28.3. The molecule has 0 radical (unpaired) electrons. The van der Waals surface area contributed by atoms with Crippen LogP contribution < -0.4 is 21.3 Å². The van der Waals surface area contributed by atoms with Gasteiger partial charge in [-0.05, 0) is 44.5 Å². The van der Waals surface area contributed by atoms with Crippen LogP contribution >= 0.6 is 0 Å². The molecule has 1 aliphatic heterocycles. The van der Waals surface area contributed by atoms with Gasteiger partial charge in [-0.1, -0.05) is 127 Å². The van der Waals surface area contributed by atoms with E-state index in [2.05, 4.69) is 38.1 Å². The Morgan fingerprint density at radius 2 is 0.914 bits per heavy atom. The Morgan fingerprint density at radius 1 is 0.543 bits per heavy atom. The third kappa shape index (κ3) is 6.89. The molecule has 4 nitrogen and oxygen atoms in total. The average Bonchev–Trinajstić information content (AvgIpc) is 3.12. The highest BCUT2D eigenvalue weighted by Crippen LogP contribution is 2.35. The zero-order chi connectivity index (χ0) is 25.3. The smallest absolute Gasteiger partial charge is 0.423 e. The lowest BCUT2D eigenvalue weighted by Gasteiger charge is -2.31. The number of benzene rings is 2. The Kier molecular flexibility index (Phi) is 11.1. The quantitative estimate of drug-likeness (QED) is 0.213. The maximum absolute atomic E-state index is 9.96. The van der Waals surface area contributed by atoms with Crippen molar-refractivity contribution in [2.75, 3.05) is 0 Å². The minimum atomic E-state index is -2.21. The molecule has 0 bridgehead atoms. The summed E-state index contributed by atoms with van der Waals surface area (Å²) in [5.74, 6) is 0. The third-order valence-electron chi connectivity index (χ3n) is 7.92. The number of hydrogen-bond acceptors (Lipinski definition) is 4. The van der Waals surface area contributed by atoms with Crippen LogP contribution in [0.25, 0.3) is 11.1 Å². The Morgan fingerprint density at radius 3 is 1.29 bits per heavy atom. The van der Waals surface area contributed by atoms with E-state index in [1.54, 1.807) is 0 Å². The summed E-state index contributed by atoms with van der Waals surface area (Å²) in [5, 5.41) is 42.4. The Balaban J connectivity index is 1.97. The first-order valence-corrected chi connectivity index (χ1v) is 16.4. The average molecular weight is 494 g/mol. The predicted molar refractivity (Wildman–Crippen MR) is 153 cm³/mol. The molecular formula is C28H44B2O4Si. The summed E-state index contributed by atoms with van der Waals surface area (Å²) in [6.45, 7) is 4.49. The van der Waals surface area contributed by atoms with Gasteiger partial charge in [0.2, 0.25) is 0 Å². The molecule has 0 aromatic heterocycles. The van der Waals surface area contributed by atoms with E-state index in [1.165, 1.54) is 98.6 Å². The van der Waals surface area contributed by atoms with Crippen LogP contribution in [0.4, 0.5) is 0 Å². The fourth-order valence-electron chi connectivity index (χ4n) is 5.93. The van der Waals surface area contributed by atoms with Crippen LogP contribution in [0.2, 0.25) is 12.1 Å². The Bertz CT molecular complexity index is 860. The second-order valence-corrected chi connectivity index (χ2v) is 14.7. The van der Waals surface area contributed by atoms with Crippen molar-refractivity contribution in [2.24, 2.45) is 0 Å². The van der Waals surface area contributed by atoms with Gasteiger partial charge in [-0.2, -0.15) is 0 Å². The van der Waals surface area contributed by atoms with Crippen LogP contribution in [0.5, 0.6) is 0 Å². The lowest BCUT2D eigenvalue weighted by Crippen LogP contribution is -2.57. The summed E-state index contributed by atoms with van der Waals surface area (Å²) in [7, 11) is -5.17. The van der Waals surface area contributed by atoms with Crippen molar-refractivity contribution < 1.29 is 20.1 Å². The van der Waals surface area contributed by atoms with E-state index in [4.69, 9.17) is 0 Å². The summed E-state index contributed by atoms with van der Waals surface area (Å²) in [4.78, 5) is 0. The maximum atomic E-state index is 9.96. The van der Waals surface area contributed by atoms with Crippen LogP contribution in [-0.4, -0.2) is 42.4 Å². The van der Waals surface area contributed by atoms with Gasteiger partial charge in [-0.25, -0.2) is 0 Å².